The first-order valence-corrected chi connectivity index (χ1v) is 9.31. The van der Waals surface area contributed by atoms with Crippen LogP contribution in [0.2, 0.25) is 0 Å². The fourth-order valence-electron chi connectivity index (χ4n) is 4.52. The first-order chi connectivity index (χ1) is 13.0. The highest BCUT2D eigenvalue weighted by Crippen LogP contribution is 2.44. The van der Waals surface area contributed by atoms with E-state index in [2.05, 4.69) is 20.9 Å². The average Bonchev–Trinajstić information content (AvgIpc) is 3.37. The van der Waals surface area contributed by atoms with Crippen molar-refractivity contribution in [1.82, 2.24) is 19.5 Å². The van der Waals surface area contributed by atoms with Crippen LogP contribution in [0.25, 0.3) is 11.2 Å². The Kier molecular flexibility index (Phi) is 3.78. The lowest BCUT2D eigenvalue weighted by Crippen LogP contribution is -2.28. The number of hydrogen-bond donors (Lipinski definition) is 1. The third-order valence-corrected chi connectivity index (χ3v) is 5.69. The summed E-state index contributed by atoms with van der Waals surface area (Å²) in [5.41, 5.74) is 2.12. The number of aliphatic hydroxyl groups excluding tert-OH is 1. The quantitative estimate of drug-likeness (QED) is 0.801. The molecule has 0 spiro atoms. The maximum atomic E-state index is 10.3. The average molecular weight is 370 g/mol. The molecule has 1 N–H and O–H groups in total. The minimum Gasteiger partial charge on any atom is -0.392 e. The molecular weight excluding hydrogens is 348 g/mol. The first kappa shape index (κ1) is 17.1. The second-order valence-corrected chi connectivity index (χ2v) is 7.87. The molecule has 2 unspecified atom stereocenters. The minimum atomic E-state index is -0.725. The van der Waals surface area contributed by atoms with E-state index < -0.39 is 24.2 Å². The second kappa shape index (κ2) is 5.97. The van der Waals surface area contributed by atoms with Crippen LogP contribution in [0.3, 0.4) is 0 Å². The summed E-state index contributed by atoms with van der Waals surface area (Å²) in [5.74, 6) is 1.91. The second-order valence-electron chi connectivity index (χ2n) is 7.87. The molecule has 2 aromatic heterocycles. The van der Waals surface area contributed by atoms with Crippen molar-refractivity contribution in [1.29, 1.82) is 0 Å². The Labute approximate surface area is 156 Å². The van der Waals surface area contributed by atoms with Crippen LogP contribution in [0.15, 0.2) is 12.7 Å². The molecule has 2 saturated heterocycles. The van der Waals surface area contributed by atoms with Crippen molar-refractivity contribution in [2.75, 3.05) is 0 Å². The maximum absolute atomic E-state index is 10.3. The molecule has 3 aliphatic rings. The van der Waals surface area contributed by atoms with Crippen LogP contribution < -0.4 is 0 Å². The Balaban J connectivity index is 1.55. The monoisotopic (exact) mass is 370 g/mol. The molecule has 8 heteroatoms. The molecule has 1 aliphatic carbocycles. The van der Waals surface area contributed by atoms with Crippen LogP contribution in [0.1, 0.15) is 50.9 Å². The van der Waals surface area contributed by atoms with Crippen LogP contribution in [0.5, 0.6) is 0 Å². The molecule has 8 nitrogen and oxygen atoms in total. The van der Waals surface area contributed by atoms with Crippen molar-refractivity contribution in [3.05, 3.63) is 18.3 Å². The molecule has 3 fully saturated rings. The highest BCUT2D eigenvalue weighted by molar-refractivity contribution is 5.74. The number of terminal acetylenes is 1. The summed E-state index contributed by atoms with van der Waals surface area (Å²) in [4.78, 5) is 13.4. The third-order valence-electron chi connectivity index (χ3n) is 5.69. The predicted molar refractivity (Wildman–Crippen MR) is 94.5 cm³/mol. The van der Waals surface area contributed by atoms with E-state index in [9.17, 15) is 5.11 Å². The maximum Gasteiger partial charge on any atom is 0.167 e. The summed E-state index contributed by atoms with van der Waals surface area (Å²) in [6.45, 7) is 3.73. The lowest BCUT2D eigenvalue weighted by Gasteiger charge is -2.23. The topological polar surface area (TPSA) is 91.5 Å². The summed E-state index contributed by atoms with van der Waals surface area (Å²) >= 11 is 0. The van der Waals surface area contributed by atoms with E-state index in [0.717, 1.165) is 25.0 Å². The number of imidazole rings is 1. The minimum absolute atomic E-state index is 0.0143. The lowest BCUT2D eigenvalue weighted by molar-refractivity contribution is -0.190. The summed E-state index contributed by atoms with van der Waals surface area (Å²) in [6.07, 6.45) is 9.43. The summed E-state index contributed by atoms with van der Waals surface area (Å²) in [5, 5.41) is 10.3. The SMILES string of the molecule is C#C[C@H]1O[C@@H](n2cnc3c(C4CCCC4O)ncnc32)[C@H]2OC(C)(C)O[C@@H]21. The molecule has 1 saturated carbocycles. The van der Waals surface area contributed by atoms with E-state index in [1.165, 1.54) is 6.33 Å². The number of aliphatic hydroxyl groups is 1. The van der Waals surface area contributed by atoms with Crippen LogP contribution in [-0.2, 0) is 14.2 Å². The lowest BCUT2D eigenvalue weighted by atomic mass is 10.0. The zero-order valence-electron chi connectivity index (χ0n) is 15.3. The van der Waals surface area contributed by atoms with Crippen LogP contribution in [0, 0.1) is 12.3 Å². The van der Waals surface area contributed by atoms with Crippen molar-refractivity contribution in [2.45, 2.75) is 75.5 Å². The molecule has 0 bridgehead atoms. The van der Waals surface area contributed by atoms with Crippen LogP contribution in [0.4, 0.5) is 0 Å². The molecule has 0 radical (unpaired) electrons. The van der Waals surface area contributed by atoms with Crippen molar-refractivity contribution in [2.24, 2.45) is 0 Å². The molecule has 5 rings (SSSR count). The van der Waals surface area contributed by atoms with Gasteiger partial charge in [0.15, 0.2) is 17.7 Å². The Bertz CT molecular complexity index is 920. The van der Waals surface area contributed by atoms with Crippen molar-refractivity contribution < 1.29 is 19.3 Å². The predicted octanol–water partition coefficient (Wildman–Crippen LogP) is 1.51. The highest BCUT2D eigenvalue weighted by Gasteiger charge is 2.55. The third kappa shape index (κ3) is 2.57. The molecule has 27 heavy (non-hydrogen) atoms. The van der Waals surface area contributed by atoms with E-state index in [0.29, 0.717) is 11.2 Å². The van der Waals surface area contributed by atoms with Gasteiger partial charge in [-0.25, -0.2) is 15.0 Å². The Hall–Kier alpha value is -2.05. The number of aromatic nitrogens is 4. The summed E-state index contributed by atoms with van der Waals surface area (Å²) < 4.78 is 19.9. The van der Waals surface area contributed by atoms with Gasteiger partial charge in [0.25, 0.3) is 0 Å². The van der Waals surface area contributed by atoms with E-state index in [-0.39, 0.29) is 18.1 Å². The van der Waals surface area contributed by atoms with Gasteiger partial charge in [-0.3, -0.25) is 4.57 Å². The van der Waals surface area contributed by atoms with Gasteiger partial charge in [0, 0.05) is 5.92 Å². The van der Waals surface area contributed by atoms with Gasteiger partial charge in [-0.1, -0.05) is 12.3 Å². The zero-order valence-corrected chi connectivity index (χ0v) is 15.3. The first-order valence-electron chi connectivity index (χ1n) is 9.31. The molecule has 4 heterocycles. The smallest absolute Gasteiger partial charge is 0.167 e. The molecule has 2 aromatic rings. The highest BCUT2D eigenvalue weighted by atomic mass is 16.8. The van der Waals surface area contributed by atoms with E-state index in [1.807, 2.05) is 18.4 Å². The Morgan fingerprint density at radius 2 is 2.04 bits per heavy atom. The molecule has 0 amide bonds. The summed E-state index contributed by atoms with van der Waals surface area (Å²) in [6, 6.07) is 0. The Morgan fingerprint density at radius 3 is 2.78 bits per heavy atom. The van der Waals surface area contributed by atoms with Crippen molar-refractivity contribution in [3.8, 4) is 12.3 Å². The van der Waals surface area contributed by atoms with E-state index in [1.54, 1.807) is 6.33 Å². The standard InChI is InChI=1S/C19H22N4O4/c1-4-12-15-16(27-19(2,3)26-15)18(25-12)23-9-22-14-13(20-8-21-17(14)23)10-6-5-7-11(10)24/h1,8-12,15-16,18,24H,5-7H2,2-3H3/t10?,11?,12-,15-,16+,18-/m1/s1. The van der Waals surface area contributed by atoms with Crippen LogP contribution in [-0.4, -0.2) is 54.8 Å². The Morgan fingerprint density at radius 1 is 1.22 bits per heavy atom. The molecule has 2 aliphatic heterocycles. The molecule has 142 valence electrons. The van der Waals surface area contributed by atoms with Gasteiger partial charge in [-0.05, 0) is 26.7 Å². The van der Waals surface area contributed by atoms with Gasteiger partial charge in [0.2, 0.25) is 0 Å². The number of hydrogen-bond acceptors (Lipinski definition) is 7. The van der Waals surface area contributed by atoms with Crippen molar-refractivity contribution in [3.63, 3.8) is 0 Å². The zero-order chi connectivity index (χ0) is 18.8. The van der Waals surface area contributed by atoms with Gasteiger partial charge in [-0.15, -0.1) is 6.42 Å². The van der Waals surface area contributed by atoms with E-state index >= 15 is 0 Å². The number of nitrogens with zero attached hydrogens (tertiary/aromatic N) is 4. The van der Waals surface area contributed by atoms with Gasteiger partial charge in [0.05, 0.1) is 18.1 Å². The van der Waals surface area contributed by atoms with Crippen LogP contribution >= 0.6 is 0 Å². The largest absolute Gasteiger partial charge is 0.392 e. The summed E-state index contributed by atoms with van der Waals surface area (Å²) in [7, 11) is 0. The van der Waals surface area contributed by atoms with Gasteiger partial charge < -0.3 is 19.3 Å². The number of fused-ring (bicyclic) bond motifs is 2. The fourth-order valence-corrected chi connectivity index (χ4v) is 4.52. The van der Waals surface area contributed by atoms with Gasteiger partial charge >= 0.3 is 0 Å². The van der Waals surface area contributed by atoms with Gasteiger partial charge in [-0.2, -0.15) is 0 Å². The number of rotatable bonds is 2. The fraction of sp³-hybridized carbons (Fsp3) is 0.632. The molecule has 0 aromatic carbocycles. The molecular formula is C19H22N4O4. The normalized spacial score (nSPS) is 37.6. The molecule has 6 atom stereocenters. The van der Waals surface area contributed by atoms with Gasteiger partial charge in [0.1, 0.15) is 30.2 Å². The number of ether oxygens (including phenoxy) is 3. The van der Waals surface area contributed by atoms with Crippen molar-refractivity contribution >= 4 is 11.2 Å². The van der Waals surface area contributed by atoms with E-state index in [4.69, 9.17) is 20.6 Å².